The van der Waals surface area contributed by atoms with E-state index in [0.29, 0.717) is 13.0 Å². The fourth-order valence-electron chi connectivity index (χ4n) is 2.72. The smallest absolute Gasteiger partial charge is 0.220 e. The van der Waals surface area contributed by atoms with E-state index >= 15 is 0 Å². The zero-order valence-electron chi connectivity index (χ0n) is 13.2. The molecule has 2 heterocycles. The summed E-state index contributed by atoms with van der Waals surface area (Å²) in [6.45, 7) is 3.96. The first-order chi connectivity index (χ1) is 10.3. The maximum absolute atomic E-state index is 11.7. The minimum atomic E-state index is -0.695. The van der Waals surface area contributed by atoms with E-state index in [1.54, 1.807) is 7.11 Å². The van der Waals surface area contributed by atoms with Crippen LogP contribution in [0.3, 0.4) is 0 Å². The monoisotopic (exact) mass is 316 g/mol. The highest BCUT2D eigenvalue weighted by Crippen LogP contribution is 2.38. The number of carbonyl (C=O) groups excluding carboxylic acids is 2. The number of amides is 2. The Morgan fingerprint density at radius 3 is 2.55 bits per heavy atom. The van der Waals surface area contributed by atoms with Crippen LogP contribution in [0.2, 0.25) is 0 Å². The summed E-state index contributed by atoms with van der Waals surface area (Å²) in [5.74, 6) is -1.25. The standard InChI is InChI=1S/C14H24N2O6/c1-14(2)21-11-8(20-13(19-3)12(11)22-14)7-16-10(18)6-4-5-9(15)17/h8,11-13H,4-7H2,1-3H3,(H2,15,17)(H,16,18)/t8-,11-,12-,13?/m1/s1. The molecule has 8 nitrogen and oxygen atoms in total. The van der Waals surface area contributed by atoms with Crippen molar-refractivity contribution in [1.29, 1.82) is 0 Å². The summed E-state index contributed by atoms with van der Waals surface area (Å²) in [7, 11) is 1.54. The molecule has 8 heteroatoms. The molecule has 1 unspecified atom stereocenters. The summed E-state index contributed by atoms with van der Waals surface area (Å²) in [6, 6.07) is 0. The van der Waals surface area contributed by atoms with E-state index in [-0.39, 0.29) is 37.1 Å². The van der Waals surface area contributed by atoms with E-state index in [9.17, 15) is 9.59 Å². The predicted molar refractivity (Wildman–Crippen MR) is 75.6 cm³/mol. The zero-order valence-corrected chi connectivity index (χ0v) is 13.2. The van der Waals surface area contributed by atoms with Crippen LogP contribution >= 0.6 is 0 Å². The van der Waals surface area contributed by atoms with Gasteiger partial charge in [-0.15, -0.1) is 0 Å². The van der Waals surface area contributed by atoms with Gasteiger partial charge in [-0.3, -0.25) is 9.59 Å². The van der Waals surface area contributed by atoms with Gasteiger partial charge in [-0.25, -0.2) is 0 Å². The van der Waals surface area contributed by atoms with Gasteiger partial charge >= 0.3 is 0 Å². The molecule has 0 aromatic carbocycles. The van der Waals surface area contributed by atoms with Gasteiger partial charge in [0, 0.05) is 26.5 Å². The van der Waals surface area contributed by atoms with Crippen molar-refractivity contribution in [3.05, 3.63) is 0 Å². The average Bonchev–Trinajstić information content (AvgIpc) is 2.89. The van der Waals surface area contributed by atoms with Crippen molar-refractivity contribution in [2.75, 3.05) is 13.7 Å². The molecular formula is C14H24N2O6. The van der Waals surface area contributed by atoms with Crippen LogP contribution in [-0.2, 0) is 28.5 Å². The van der Waals surface area contributed by atoms with Crippen molar-refractivity contribution < 1.29 is 28.5 Å². The Morgan fingerprint density at radius 2 is 1.91 bits per heavy atom. The third-order valence-corrected chi connectivity index (χ3v) is 3.67. The molecule has 2 rings (SSSR count). The number of fused-ring (bicyclic) bond motifs is 1. The van der Waals surface area contributed by atoms with E-state index in [0.717, 1.165) is 0 Å². The van der Waals surface area contributed by atoms with Gasteiger partial charge in [0.15, 0.2) is 12.1 Å². The maximum Gasteiger partial charge on any atom is 0.220 e. The molecule has 0 saturated carbocycles. The number of methoxy groups -OCH3 is 1. The van der Waals surface area contributed by atoms with Gasteiger partial charge < -0.3 is 30.0 Å². The molecule has 0 aliphatic carbocycles. The summed E-state index contributed by atoms with van der Waals surface area (Å²) in [5.41, 5.74) is 5.03. The molecule has 3 N–H and O–H groups in total. The number of nitrogens with two attached hydrogens (primary N) is 1. The Bertz CT molecular complexity index is 428. The van der Waals surface area contributed by atoms with Crippen molar-refractivity contribution in [3.63, 3.8) is 0 Å². The Hall–Kier alpha value is -1.22. The minimum absolute atomic E-state index is 0.152. The number of hydrogen-bond acceptors (Lipinski definition) is 6. The van der Waals surface area contributed by atoms with Crippen LogP contribution in [0.1, 0.15) is 33.1 Å². The Kier molecular flexibility index (Phi) is 5.38. The molecule has 0 bridgehead atoms. The minimum Gasteiger partial charge on any atom is -0.370 e. The van der Waals surface area contributed by atoms with Crippen molar-refractivity contribution in [3.8, 4) is 0 Å². The molecule has 0 aromatic rings. The molecule has 22 heavy (non-hydrogen) atoms. The molecule has 126 valence electrons. The van der Waals surface area contributed by atoms with Gasteiger partial charge in [0.05, 0.1) is 0 Å². The van der Waals surface area contributed by atoms with E-state index < -0.39 is 18.0 Å². The summed E-state index contributed by atoms with van der Waals surface area (Å²) in [6.07, 6.45) is -0.551. The normalized spacial score (nSPS) is 32.7. The second-order valence-corrected chi connectivity index (χ2v) is 5.97. The van der Waals surface area contributed by atoms with Crippen molar-refractivity contribution >= 4 is 11.8 Å². The highest BCUT2D eigenvalue weighted by atomic mass is 16.8. The molecule has 2 saturated heterocycles. The first kappa shape index (κ1) is 17.1. The quantitative estimate of drug-likeness (QED) is 0.664. The molecule has 0 spiro atoms. The first-order valence-corrected chi connectivity index (χ1v) is 7.41. The lowest BCUT2D eigenvalue weighted by Crippen LogP contribution is -2.39. The third-order valence-electron chi connectivity index (χ3n) is 3.67. The number of carbonyl (C=O) groups is 2. The Morgan fingerprint density at radius 1 is 1.23 bits per heavy atom. The van der Waals surface area contributed by atoms with Crippen molar-refractivity contribution in [2.24, 2.45) is 5.73 Å². The topological polar surface area (TPSA) is 109 Å². The van der Waals surface area contributed by atoms with Crippen LogP contribution in [0.15, 0.2) is 0 Å². The zero-order chi connectivity index (χ0) is 16.3. The molecule has 4 atom stereocenters. The molecular weight excluding hydrogens is 292 g/mol. The van der Waals surface area contributed by atoms with Gasteiger partial charge in [-0.1, -0.05) is 0 Å². The number of ether oxygens (including phenoxy) is 4. The van der Waals surface area contributed by atoms with Crippen LogP contribution in [-0.4, -0.2) is 55.9 Å². The number of primary amides is 1. The Labute approximate surface area is 129 Å². The fraction of sp³-hybridized carbons (Fsp3) is 0.857. The lowest BCUT2D eigenvalue weighted by Gasteiger charge is -2.23. The average molecular weight is 316 g/mol. The maximum atomic E-state index is 11.7. The van der Waals surface area contributed by atoms with Gasteiger partial charge in [0.25, 0.3) is 0 Å². The van der Waals surface area contributed by atoms with Crippen LogP contribution < -0.4 is 11.1 Å². The summed E-state index contributed by atoms with van der Waals surface area (Å²) in [5, 5.41) is 2.78. The van der Waals surface area contributed by atoms with E-state index in [1.807, 2.05) is 13.8 Å². The summed E-state index contributed by atoms with van der Waals surface area (Å²) in [4.78, 5) is 22.4. The van der Waals surface area contributed by atoms with Crippen molar-refractivity contribution in [2.45, 2.75) is 63.5 Å². The fourth-order valence-corrected chi connectivity index (χ4v) is 2.72. The highest BCUT2D eigenvalue weighted by Gasteiger charge is 2.55. The van der Waals surface area contributed by atoms with Crippen LogP contribution in [0, 0.1) is 0 Å². The van der Waals surface area contributed by atoms with E-state index in [4.69, 9.17) is 24.7 Å². The number of rotatable bonds is 7. The number of nitrogens with one attached hydrogen (secondary N) is 1. The largest absolute Gasteiger partial charge is 0.370 e. The van der Waals surface area contributed by atoms with Gasteiger partial charge in [-0.05, 0) is 20.3 Å². The second kappa shape index (κ2) is 6.91. The Balaban J connectivity index is 1.80. The van der Waals surface area contributed by atoms with Gasteiger partial charge in [0.2, 0.25) is 11.8 Å². The first-order valence-electron chi connectivity index (χ1n) is 7.41. The molecule has 2 aliphatic rings. The van der Waals surface area contributed by atoms with Crippen LogP contribution in [0.25, 0.3) is 0 Å². The third kappa shape index (κ3) is 4.16. The predicted octanol–water partition coefficient (Wildman–Crippen LogP) is -0.350. The summed E-state index contributed by atoms with van der Waals surface area (Å²) < 4.78 is 22.5. The SMILES string of the molecule is COC1O[C@H](CNC(=O)CCCC(N)=O)[C@H]2OC(C)(C)O[C@@H]12. The number of hydrogen-bond donors (Lipinski definition) is 2. The lowest BCUT2D eigenvalue weighted by atomic mass is 10.1. The van der Waals surface area contributed by atoms with Crippen LogP contribution in [0.4, 0.5) is 0 Å². The molecule has 2 amide bonds. The summed E-state index contributed by atoms with van der Waals surface area (Å²) >= 11 is 0. The van der Waals surface area contributed by atoms with E-state index in [1.165, 1.54) is 0 Å². The second-order valence-electron chi connectivity index (χ2n) is 5.97. The lowest BCUT2D eigenvalue weighted by molar-refractivity contribution is -0.226. The molecule has 0 radical (unpaired) electrons. The van der Waals surface area contributed by atoms with Crippen molar-refractivity contribution in [1.82, 2.24) is 5.32 Å². The molecule has 2 fully saturated rings. The highest BCUT2D eigenvalue weighted by molar-refractivity contribution is 5.77. The van der Waals surface area contributed by atoms with Gasteiger partial charge in [0.1, 0.15) is 18.3 Å². The van der Waals surface area contributed by atoms with E-state index in [2.05, 4.69) is 5.32 Å². The van der Waals surface area contributed by atoms with Crippen LogP contribution in [0.5, 0.6) is 0 Å². The molecule has 2 aliphatic heterocycles. The molecule has 0 aromatic heterocycles. The van der Waals surface area contributed by atoms with Gasteiger partial charge in [-0.2, -0.15) is 0 Å².